The third kappa shape index (κ3) is 3.28. The van der Waals surface area contributed by atoms with Crippen LogP contribution < -0.4 is 21.9 Å². The van der Waals surface area contributed by atoms with Crippen LogP contribution in [-0.4, -0.2) is 24.5 Å². The smallest absolute Gasteiger partial charge is 0.200 e. The van der Waals surface area contributed by atoms with Gasteiger partial charge in [0.2, 0.25) is 0 Å². The molecule has 0 nitrogen and oxygen atoms in total. The fourth-order valence-electron chi connectivity index (χ4n) is 6.06. The first-order valence-electron chi connectivity index (χ1n) is 11.9. The Morgan fingerprint density at radius 1 is 0.500 bits per heavy atom. The molecule has 0 N–H and O–H groups in total. The molecule has 7 rings (SSSR count). The molecule has 0 amide bonds. The maximum absolute atomic E-state index is 6.53. The molecule has 0 unspecified atom stereocenters. The van der Waals surface area contributed by atoms with Gasteiger partial charge in [0.1, 0.15) is 0 Å². The number of benzene rings is 6. The van der Waals surface area contributed by atoms with Crippen LogP contribution in [0.3, 0.4) is 0 Å². The summed E-state index contributed by atoms with van der Waals surface area (Å²) in [5, 5.41) is 11.7. The van der Waals surface area contributed by atoms with Crippen molar-refractivity contribution in [1.82, 2.24) is 0 Å². The van der Waals surface area contributed by atoms with Gasteiger partial charge in [-0.05, 0) is 67.7 Å². The van der Waals surface area contributed by atoms with Gasteiger partial charge in [0.05, 0.1) is 10.0 Å². The van der Waals surface area contributed by atoms with Crippen molar-refractivity contribution in [3.63, 3.8) is 0 Å². The van der Waals surface area contributed by atoms with Crippen LogP contribution in [0.25, 0.3) is 43.1 Å². The largest absolute Gasteiger partial charge is 0.273 e. The van der Waals surface area contributed by atoms with Gasteiger partial charge >= 0.3 is 0 Å². The lowest BCUT2D eigenvalue weighted by Gasteiger charge is -2.30. The highest BCUT2D eigenvalue weighted by Gasteiger charge is 2.37. The molecular formula is C30H20B2Cl2S2. The van der Waals surface area contributed by atoms with Crippen LogP contribution in [0.2, 0.25) is 10.0 Å². The zero-order chi connectivity index (χ0) is 24.6. The van der Waals surface area contributed by atoms with Crippen LogP contribution in [-0.2, 0) is 0 Å². The summed E-state index contributed by atoms with van der Waals surface area (Å²) in [5.41, 5.74) is 5.31. The molecule has 0 saturated heterocycles. The van der Waals surface area contributed by atoms with Crippen molar-refractivity contribution in [2.24, 2.45) is 0 Å². The standard InChI is InChI=1S/C30H20B2Cl2S2/c1-35-31-23-13-20-12-11-19-10-9-18-8-7-17-5-3-4-6-21(17)29(18)30(19)22(20)14-24(23)32(36-2)26-16-28(34)27(33)15-25(26)31/h3-16H,1-2H3. The number of hydrogen-bond acceptors (Lipinski definition) is 2. The Labute approximate surface area is 229 Å². The van der Waals surface area contributed by atoms with E-state index in [1.807, 2.05) is 23.2 Å². The fourth-order valence-corrected chi connectivity index (χ4v) is 8.23. The second-order valence-electron chi connectivity index (χ2n) is 9.44. The highest BCUT2D eigenvalue weighted by Crippen LogP contribution is 2.36. The average molecular weight is 537 g/mol. The lowest BCUT2D eigenvalue weighted by Crippen LogP contribution is -2.66. The van der Waals surface area contributed by atoms with E-state index in [0.29, 0.717) is 10.0 Å². The Bertz CT molecular complexity index is 1860. The maximum Gasteiger partial charge on any atom is 0.273 e. The van der Waals surface area contributed by atoms with Crippen molar-refractivity contribution < 1.29 is 0 Å². The van der Waals surface area contributed by atoms with Crippen molar-refractivity contribution in [2.75, 3.05) is 12.5 Å². The highest BCUT2D eigenvalue weighted by molar-refractivity contribution is 8.29. The summed E-state index contributed by atoms with van der Waals surface area (Å²) in [6.45, 7) is 0. The molecule has 1 aliphatic rings. The van der Waals surface area contributed by atoms with E-state index in [1.165, 1.54) is 64.9 Å². The molecule has 0 atom stereocenters. The third-order valence-electron chi connectivity index (χ3n) is 7.64. The van der Waals surface area contributed by atoms with E-state index in [1.54, 1.807) is 0 Å². The minimum Gasteiger partial charge on any atom is -0.200 e. The minimum absolute atomic E-state index is 0.208. The zero-order valence-electron chi connectivity index (χ0n) is 19.8. The molecule has 172 valence electrons. The first kappa shape index (κ1) is 22.9. The Balaban J connectivity index is 1.62. The zero-order valence-corrected chi connectivity index (χ0v) is 23.0. The molecule has 0 spiro atoms. The summed E-state index contributed by atoms with van der Waals surface area (Å²) in [5.74, 6) is 0.432. The van der Waals surface area contributed by atoms with Crippen LogP contribution in [0.4, 0.5) is 0 Å². The number of fused-ring (bicyclic) bond motifs is 9. The van der Waals surface area contributed by atoms with Gasteiger partial charge in [-0.1, -0.05) is 118 Å². The van der Waals surface area contributed by atoms with Crippen LogP contribution >= 0.6 is 46.4 Å². The second-order valence-corrected chi connectivity index (χ2v) is 12.1. The molecule has 6 aromatic rings. The van der Waals surface area contributed by atoms with Crippen LogP contribution in [0.15, 0.2) is 84.9 Å². The molecule has 0 aromatic heterocycles. The average Bonchev–Trinajstić information content (AvgIpc) is 2.91. The summed E-state index contributed by atoms with van der Waals surface area (Å²) in [7, 11) is 0. The first-order valence-corrected chi connectivity index (χ1v) is 15.3. The fraction of sp³-hybridized carbons (Fsp3) is 0.0667. The molecule has 0 aliphatic carbocycles. The SMILES string of the molecule is CSB1c2cc(Cl)c(Cl)cc2B(SC)c2cc3c(ccc4ccc5ccc6ccccc6c5c43)cc21. The lowest BCUT2D eigenvalue weighted by molar-refractivity contribution is 1.78. The van der Waals surface area contributed by atoms with Gasteiger partial charge in [0.15, 0.2) is 0 Å². The third-order valence-corrected chi connectivity index (χ3v) is 10.3. The van der Waals surface area contributed by atoms with Crippen molar-refractivity contribution in [3.8, 4) is 0 Å². The number of rotatable bonds is 2. The second kappa shape index (κ2) is 8.67. The molecule has 0 saturated carbocycles. The van der Waals surface area contributed by atoms with Gasteiger partial charge in [0.25, 0.3) is 12.0 Å². The van der Waals surface area contributed by atoms with E-state index in [2.05, 4.69) is 97.4 Å². The van der Waals surface area contributed by atoms with E-state index in [-0.39, 0.29) is 12.0 Å². The molecule has 1 aliphatic heterocycles. The molecule has 0 bridgehead atoms. The van der Waals surface area contributed by atoms with E-state index in [0.717, 1.165) is 0 Å². The van der Waals surface area contributed by atoms with Crippen molar-refractivity contribution in [3.05, 3.63) is 95.0 Å². The summed E-state index contributed by atoms with van der Waals surface area (Å²) < 4.78 is 0. The summed E-state index contributed by atoms with van der Waals surface area (Å²) >= 11 is 16.8. The minimum atomic E-state index is 0.208. The van der Waals surface area contributed by atoms with Gasteiger partial charge in [-0.15, -0.1) is 0 Å². The lowest BCUT2D eigenvalue weighted by atomic mass is 9.41. The molecule has 0 radical (unpaired) electrons. The topological polar surface area (TPSA) is 0 Å². The summed E-state index contributed by atoms with van der Waals surface area (Å²) in [6, 6.07) is 31.3. The van der Waals surface area contributed by atoms with E-state index in [9.17, 15) is 0 Å². The van der Waals surface area contributed by atoms with Crippen molar-refractivity contribution in [2.45, 2.75) is 0 Å². The van der Waals surface area contributed by atoms with Crippen LogP contribution in [0, 0.1) is 0 Å². The quantitative estimate of drug-likeness (QED) is 0.175. The Kier molecular flexibility index (Phi) is 5.52. The van der Waals surface area contributed by atoms with Gasteiger partial charge in [-0.25, -0.2) is 23.2 Å². The van der Waals surface area contributed by atoms with Crippen molar-refractivity contribution >= 4 is 123 Å². The Morgan fingerprint density at radius 2 is 0.972 bits per heavy atom. The molecule has 1 heterocycles. The van der Waals surface area contributed by atoms with E-state index in [4.69, 9.17) is 23.2 Å². The summed E-state index contributed by atoms with van der Waals surface area (Å²) in [4.78, 5) is 0. The van der Waals surface area contributed by atoms with Gasteiger partial charge < -0.3 is 0 Å². The molecular weight excluding hydrogens is 517 g/mol. The molecule has 6 heteroatoms. The van der Waals surface area contributed by atoms with Gasteiger partial charge in [0, 0.05) is 0 Å². The monoisotopic (exact) mass is 536 g/mol. The van der Waals surface area contributed by atoms with E-state index >= 15 is 0 Å². The number of halogens is 2. The molecule has 0 fully saturated rings. The highest BCUT2D eigenvalue weighted by atomic mass is 35.5. The Hall–Kier alpha value is -2.23. The van der Waals surface area contributed by atoms with E-state index < -0.39 is 0 Å². The van der Waals surface area contributed by atoms with Gasteiger partial charge in [-0.3, -0.25) is 0 Å². The maximum atomic E-state index is 6.53. The molecule has 36 heavy (non-hydrogen) atoms. The predicted octanol–water partition coefficient (Wildman–Crippen LogP) is 6.86. The number of hydrogen-bond donors (Lipinski definition) is 0. The van der Waals surface area contributed by atoms with Crippen LogP contribution in [0.5, 0.6) is 0 Å². The van der Waals surface area contributed by atoms with Gasteiger partial charge in [-0.2, -0.15) is 0 Å². The van der Waals surface area contributed by atoms with Crippen LogP contribution in [0.1, 0.15) is 0 Å². The first-order chi connectivity index (χ1) is 17.6. The normalized spacial score (nSPS) is 13.1. The Morgan fingerprint density at radius 3 is 1.58 bits per heavy atom. The predicted molar refractivity (Wildman–Crippen MR) is 170 cm³/mol. The molecule has 6 aromatic carbocycles. The van der Waals surface area contributed by atoms with Crippen molar-refractivity contribution in [1.29, 1.82) is 0 Å². The summed E-state index contributed by atoms with van der Waals surface area (Å²) in [6.07, 6.45) is 4.38.